The van der Waals surface area contributed by atoms with Gasteiger partial charge in [-0.3, -0.25) is 9.79 Å². The Bertz CT molecular complexity index is 966. The highest BCUT2D eigenvalue weighted by Gasteiger charge is 2.11. The van der Waals surface area contributed by atoms with Crippen LogP contribution in [0, 0.1) is 5.82 Å². The summed E-state index contributed by atoms with van der Waals surface area (Å²) in [6, 6.07) is 4.02. The molecule has 0 aliphatic carbocycles. The van der Waals surface area contributed by atoms with E-state index >= 15 is 0 Å². The van der Waals surface area contributed by atoms with Gasteiger partial charge in [-0.15, -0.1) is 0 Å². The first-order valence-electron chi connectivity index (χ1n) is 8.54. The molecule has 1 amide bonds. The number of carbonyl (C=O) groups excluding carboxylic acids is 1. The molecule has 2 rings (SSSR count). The average molecular weight is 416 g/mol. The molecular weight excluding hydrogens is 395 g/mol. The highest BCUT2D eigenvalue weighted by atomic mass is 32.2. The van der Waals surface area contributed by atoms with E-state index in [9.17, 15) is 9.18 Å². The van der Waals surface area contributed by atoms with E-state index in [4.69, 9.17) is 11.5 Å². The van der Waals surface area contributed by atoms with Crippen molar-refractivity contribution < 1.29 is 9.18 Å². The number of rotatable bonds is 7. The lowest BCUT2D eigenvalue weighted by atomic mass is 10.2. The van der Waals surface area contributed by atoms with E-state index in [-0.39, 0.29) is 22.4 Å². The number of hydrogen-bond donors (Lipinski definition) is 3. The third kappa shape index (κ3) is 6.57. The average Bonchev–Trinajstić information content (AvgIpc) is 3.24. The molecule has 2 aromatic rings. The Kier molecular flexibility index (Phi) is 8.10. The first kappa shape index (κ1) is 21.8. The number of amides is 1. The first-order valence-corrected chi connectivity index (χ1v) is 9.42. The van der Waals surface area contributed by atoms with Crippen LogP contribution in [-0.4, -0.2) is 31.6 Å². The van der Waals surface area contributed by atoms with Crippen LogP contribution in [0.1, 0.15) is 20.3 Å². The molecule has 0 saturated carbocycles. The van der Waals surface area contributed by atoms with Crippen LogP contribution in [0.25, 0.3) is 5.82 Å². The molecule has 0 bridgehead atoms. The van der Waals surface area contributed by atoms with Crippen molar-refractivity contribution in [2.45, 2.75) is 20.3 Å². The summed E-state index contributed by atoms with van der Waals surface area (Å²) in [6.45, 7) is 3.61. The third-order valence-electron chi connectivity index (χ3n) is 3.39. The Labute approximate surface area is 171 Å². The van der Waals surface area contributed by atoms with Gasteiger partial charge in [0.1, 0.15) is 35.7 Å². The summed E-state index contributed by atoms with van der Waals surface area (Å²) in [5, 5.41) is 8.44. The van der Waals surface area contributed by atoms with Crippen LogP contribution in [0.2, 0.25) is 0 Å². The van der Waals surface area contributed by atoms with E-state index in [2.05, 4.69) is 25.4 Å². The Hall–Kier alpha value is -3.47. The van der Waals surface area contributed by atoms with Gasteiger partial charge in [-0.25, -0.2) is 19.0 Å². The van der Waals surface area contributed by atoms with Crippen LogP contribution >= 0.6 is 11.8 Å². The van der Waals surface area contributed by atoms with Crippen LogP contribution in [-0.2, 0) is 4.79 Å². The third-order valence-corrected chi connectivity index (χ3v) is 4.13. The number of carbonyl (C=O) groups is 1. The van der Waals surface area contributed by atoms with E-state index in [0.29, 0.717) is 12.1 Å². The molecule has 152 valence electrons. The summed E-state index contributed by atoms with van der Waals surface area (Å²) < 4.78 is 15.3. The summed E-state index contributed by atoms with van der Waals surface area (Å²) in [6.07, 6.45) is 6.19. The van der Waals surface area contributed by atoms with Crippen LogP contribution in [0.15, 0.2) is 58.5 Å². The number of halogens is 1. The Balaban J connectivity index is 2.17. The molecule has 1 heterocycles. The van der Waals surface area contributed by atoms with E-state index in [1.807, 2.05) is 6.92 Å². The quantitative estimate of drug-likeness (QED) is 0.469. The fourth-order valence-corrected chi connectivity index (χ4v) is 2.44. The van der Waals surface area contributed by atoms with Gasteiger partial charge in [0.05, 0.1) is 6.20 Å². The molecule has 0 aliphatic heterocycles. The van der Waals surface area contributed by atoms with Gasteiger partial charge in [-0.1, -0.05) is 24.8 Å². The number of nitrogens with zero attached hydrogens (tertiary/aromatic N) is 5. The predicted molar refractivity (Wildman–Crippen MR) is 115 cm³/mol. The van der Waals surface area contributed by atoms with E-state index < -0.39 is 11.7 Å². The largest absolute Gasteiger partial charge is 0.382 e. The van der Waals surface area contributed by atoms with Crippen molar-refractivity contribution in [3.05, 3.63) is 54.4 Å². The molecule has 0 unspecified atom stereocenters. The van der Waals surface area contributed by atoms with Crippen LogP contribution in [0.3, 0.4) is 0 Å². The first-order chi connectivity index (χ1) is 13.9. The Morgan fingerprint density at radius 2 is 2.21 bits per heavy atom. The zero-order valence-corrected chi connectivity index (χ0v) is 16.7. The van der Waals surface area contributed by atoms with Crippen molar-refractivity contribution in [3.8, 4) is 0 Å². The number of allylic oxidation sites excluding steroid dienone is 1. The van der Waals surface area contributed by atoms with Crippen molar-refractivity contribution in [2.75, 3.05) is 5.32 Å². The molecule has 0 fully saturated rings. The number of anilines is 1. The van der Waals surface area contributed by atoms with Crippen LogP contribution in [0.5, 0.6) is 0 Å². The number of benzene rings is 1. The molecule has 5 N–H and O–H groups in total. The van der Waals surface area contributed by atoms with Gasteiger partial charge >= 0.3 is 0 Å². The van der Waals surface area contributed by atoms with E-state index in [1.165, 1.54) is 41.7 Å². The van der Waals surface area contributed by atoms with Gasteiger partial charge in [-0.05, 0) is 37.0 Å². The normalized spacial score (nSPS) is 13.1. The van der Waals surface area contributed by atoms with Gasteiger partial charge in [0, 0.05) is 5.69 Å². The maximum Gasteiger partial charge on any atom is 0.270 e. The molecule has 9 nitrogen and oxygen atoms in total. The summed E-state index contributed by atoms with van der Waals surface area (Å²) >= 11 is 1.16. The minimum atomic E-state index is -0.556. The topological polar surface area (TPSA) is 137 Å². The molecule has 11 heteroatoms. The highest BCUT2D eigenvalue weighted by Crippen LogP contribution is 2.24. The second-order valence-electron chi connectivity index (χ2n) is 5.48. The molecule has 0 radical (unpaired) electrons. The lowest BCUT2D eigenvalue weighted by molar-refractivity contribution is -0.110. The maximum absolute atomic E-state index is 14.0. The summed E-state index contributed by atoms with van der Waals surface area (Å²) in [5.41, 5.74) is 12.2. The fourth-order valence-electron chi connectivity index (χ4n) is 2.02. The van der Waals surface area contributed by atoms with Crippen molar-refractivity contribution in [1.82, 2.24) is 14.8 Å². The number of aromatic nitrogens is 3. The number of aliphatic imine (C=N–C) groups is 2. The van der Waals surface area contributed by atoms with Crippen molar-refractivity contribution in [1.29, 1.82) is 0 Å². The van der Waals surface area contributed by atoms with Gasteiger partial charge < -0.3 is 16.8 Å². The number of thioether (sulfide) groups is 1. The Morgan fingerprint density at radius 1 is 1.41 bits per heavy atom. The lowest BCUT2D eigenvalue weighted by Gasteiger charge is -2.08. The lowest BCUT2D eigenvalue weighted by Crippen LogP contribution is -2.22. The zero-order chi connectivity index (χ0) is 21.2. The minimum absolute atomic E-state index is 0.0163. The van der Waals surface area contributed by atoms with E-state index in [1.54, 1.807) is 18.4 Å². The second kappa shape index (κ2) is 10.8. The predicted octanol–water partition coefficient (Wildman–Crippen LogP) is 2.83. The van der Waals surface area contributed by atoms with Gasteiger partial charge in [0.15, 0.2) is 5.17 Å². The number of amidine groups is 1. The monoisotopic (exact) mass is 416 g/mol. The van der Waals surface area contributed by atoms with Gasteiger partial charge in [0.25, 0.3) is 5.91 Å². The SMILES string of the molecule is C/C=C\SC(N)=Nc1cc(NC(=O)C(CC)=N/C=C(\N)n2cncn2)ccc1F. The second-order valence-corrected chi connectivity index (χ2v) is 6.41. The summed E-state index contributed by atoms with van der Waals surface area (Å²) in [4.78, 5) is 24.4. The van der Waals surface area contributed by atoms with Crippen molar-refractivity contribution in [3.63, 3.8) is 0 Å². The number of hydrogen-bond acceptors (Lipinski definition) is 7. The zero-order valence-electron chi connectivity index (χ0n) is 15.9. The molecule has 29 heavy (non-hydrogen) atoms. The molecular formula is C18H21FN8OS. The summed E-state index contributed by atoms with van der Waals surface area (Å²) in [7, 11) is 0. The standard InChI is InChI=1S/C18H21FN8OS/c1-3-7-29-18(21)26-15-8-12(5-6-13(15)19)25-17(28)14(4-2)23-9-16(20)27-11-22-10-24-27/h3,5-11H,4,20H2,1-2H3,(H2,21,26)(H,25,28)/b7-3-,16-9+,23-14?. The highest BCUT2D eigenvalue weighted by molar-refractivity contribution is 8.16. The molecule has 0 spiro atoms. The molecule has 0 aliphatic rings. The molecule has 1 aromatic heterocycles. The Morgan fingerprint density at radius 3 is 2.86 bits per heavy atom. The van der Waals surface area contributed by atoms with Crippen LogP contribution < -0.4 is 16.8 Å². The van der Waals surface area contributed by atoms with Crippen molar-refractivity contribution >= 4 is 45.7 Å². The van der Waals surface area contributed by atoms with Crippen LogP contribution in [0.4, 0.5) is 15.8 Å². The van der Waals surface area contributed by atoms with E-state index in [0.717, 1.165) is 11.8 Å². The molecule has 0 saturated heterocycles. The van der Waals surface area contributed by atoms with Crippen molar-refractivity contribution in [2.24, 2.45) is 21.5 Å². The van der Waals surface area contributed by atoms with Gasteiger partial charge in [0.2, 0.25) is 0 Å². The minimum Gasteiger partial charge on any atom is -0.382 e. The number of nitrogens with one attached hydrogen (secondary N) is 1. The molecule has 1 aromatic carbocycles. The maximum atomic E-state index is 14.0. The van der Waals surface area contributed by atoms with Gasteiger partial charge in [-0.2, -0.15) is 5.10 Å². The summed E-state index contributed by atoms with van der Waals surface area (Å²) in [5.74, 6) is -0.804. The number of nitrogens with two attached hydrogens (primary N) is 2. The fraction of sp³-hybridized carbons (Fsp3) is 0.167. The smallest absolute Gasteiger partial charge is 0.270 e. The molecule has 0 atom stereocenters.